The van der Waals surface area contributed by atoms with Crippen molar-refractivity contribution in [3.63, 3.8) is 0 Å². The number of hydrogen-bond donors (Lipinski definition) is 0. The van der Waals surface area contributed by atoms with Crippen molar-refractivity contribution in [2.24, 2.45) is 0 Å². The fourth-order valence-corrected chi connectivity index (χ4v) is 2.40. The highest BCUT2D eigenvalue weighted by Crippen LogP contribution is 2.27. The second-order valence-corrected chi connectivity index (χ2v) is 4.41. The highest BCUT2D eigenvalue weighted by atomic mass is 32.1. The predicted molar refractivity (Wildman–Crippen MR) is 62.4 cm³/mol. The quantitative estimate of drug-likeness (QED) is 0.646. The van der Waals surface area contributed by atoms with Crippen LogP contribution in [-0.2, 0) is 0 Å². The van der Waals surface area contributed by atoms with E-state index >= 15 is 0 Å². The van der Waals surface area contributed by atoms with E-state index in [1.165, 1.54) is 11.3 Å². The normalized spacial score (nSPS) is 11.1. The molecule has 16 heavy (non-hydrogen) atoms. The maximum atomic E-state index is 5.14. The van der Waals surface area contributed by atoms with E-state index in [2.05, 4.69) is 15.1 Å². The van der Waals surface area contributed by atoms with Crippen molar-refractivity contribution in [2.45, 2.75) is 13.8 Å². The lowest BCUT2D eigenvalue weighted by atomic mass is 10.1. The molecular weight excluding hydrogens is 222 g/mol. The first kappa shape index (κ1) is 9.47. The minimum Gasteiger partial charge on any atom is -0.361 e. The summed E-state index contributed by atoms with van der Waals surface area (Å²) in [5, 5.41) is 3.93. The van der Waals surface area contributed by atoms with Gasteiger partial charge in [-0.15, -0.1) is 11.3 Å². The Labute approximate surface area is 95.9 Å². The van der Waals surface area contributed by atoms with Gasteiger partial charge in [0.05, 0.1) is 28.0 Å². The molecule has 0 atom stereocenters. The Morgan fingerprint density at radius 3 is 2.88 bits per heavy atom. The Balaban J connectivity index is 2.25. The third kappa shape index (κ3) is 1.32. The standard InChI is InChI=1S/C11H9N3OS/c1-6-10(7(2)15-14-6)8-3-4-9-11(13-8)16-5-12-9/h3-5H,1-2H3. The maximum absolute atomic E-state index is 5.14. The summed E-state index contributed by atoms with van der Waals surface area (Å²) in [5.74, 6) is 0.800. The van der Waals surface area contributed by atoms with E-state index in [-0.39, 0.29) is 0 Å². The minimum atomic E-state index is 0.800. The lowest BCUT2D eigenvalue weighted by Gasteiger charge is -1.98. The summed E-state index contributed by atoms with van der Waals surface area (Å²) in [6, 6.07) is 3.93. The van der Waals surface area contributed by atoms with Gasteiger partial charge in [0.2, 0.25) is 0 Å². The van der Waals surface area contributed by atoms with Crippen molar-refractivity contribution in [3.05, 3.63) is 29.1 Å². The zero-order valence-corrected chi connectivity index (χ0v) is 9.71. The van der Waals surface area contributed by atoms with E-state index in [4.69, 9.17) is 4.52 Å². The van der Waals surface area contributed by atoms with Gasteiger partial charge in [0.1, 0.15) is 10.6 Å². The van der Waals surface area contributed by atoms with Crippen LogP contribution in [0.4, 0.5) is 0 Å². The third-order valence-electron chi connectivity index (χ3n) is 2.49. The third-order valence-corrected chi connectivity index (χ3v) is 3.22. The van der Waals surface area contributed by atoms with Gasteiger partial charge in [0.15, 0.2) is 0 Å². The SMILES string of the molecule is Cc1noc(C)c1-c1ccc2ncsc2n1. The molecule has 3 aromatic heterocycles. The summed E-state index contributed by atoms with van der Waals surface area (Å²) in [6.07, 6.45) is 0. The van der Waals surface area contributed by atoms with Crippen molar-refractivity contribution in [1.29, 1.82) is 0 Å². The summed E-state index contributed by atoms with van der Waals surface area (Å²) in [4.78, 5) is 9.70. The van der Waals surface area contributed by atoms with Crippen LogP contribution in [-0.4, -0.2) is 15.1 Å². The molecule has 5 heteroatoms. The van der Waals surface area contributed by atoms with Crippen LogP contribution in [0.25, 0.3) is 21.6 Å². The summed E-state index contributed by atoms with van der Waals surface area (Å²) in [7, 11) is 0. The number of thiazole rings is 1. The van der Waals surface area contributed by atoms with Gasteiger partial charge < -0.3 is 4.52 Å². The monoisotopic (exact) mass is 231 g/mol. The van der Waals surface area contributed by atoms with Gasteiger partial charge in [-0.2, -0.15) is 0 Å². The van der Waals surface area contributed by atoms with Crippen molar-refractivity contribution in [2.75, 3.05) is 0 Å². The molecule has 0 radical (unpaired) electrons. The summed E-state index contributed by atoms with van der Waals surface area (Å²) in [5.41, 5.74) is 5.48. The average molecular weight is 231 g/mol. The smallest absolute Gasteiger partial charge is 0.143 e. The molecule has 0 aliphatic heterocycles. The number of nitrogens with zero attached hydrogens (tertiary/aromatic N) is 3. The Hall–Kier alpha value is -1.75. The molecule has 3 aromatic rings. The molecule has 0 N–H and O–H groups in total. The molecule has 0 unspecified atom stereocenters. The molecule has 80 valence electrons. The highest BCUT2D eigenvalue weighted by molar-refractivity contribution is 7.16. The van der Waals surface area contributed by atoms with Gasteiger partial charge >= 0.3 is 0 Å². The van der Waals surface area contributed by atoms with Gasteiger partial charge in [-0.3, -0.25) is 0 Å². The number of rotatable bonds is 1. The van der Waals surface area contributed by atoms with Gasteiger partial charge in [-0.1, -0.05) is 5.16 Å². The van der Waals surface area contributed by atoms with Crippen molar-refractivity contribution >= 4 is 21.7 Å². The van der Waals surface area contributed by atoms with Crippen LogP contribution in [0.2, 0.25) is 0 Å². The number of pyridine rings is 1. The lowest BCUT2D eigenvalue weighted by Crippen LogP contribution is -1.86. The summed E-state index contributed by atoms with van der Waals surface area (Å²) < 4.78 is 5.14. The molecule has 0 spiro atoms. The van der Waals surface area contributed by atoms with E-state index in [1.54, 1.807) is 5.51 Å². The van der Waals surface area contributed by atoms with E-state index in [1.807, 2.05) is 26.0 Å². The zero-order chi connectivity index (χ0) is 11.1. The molecule has 4 nitrogen and oxygen atoms in total. The molecular formula is C11H9N3OS. The number of hydrogen-bond acceptors (Lipinski definition) is 5. The van der Waals surface area contributed by atoms with Crippen LogP contribution in [0.3, 0.4) is 0 Å². The fraction of sp³-hybridized carbons (Fsp3) is 0.182. The number of aromatic nitrogens is 3. The van der Waals surface area contributed by atoms with Crippen LogP contribution in [0.15, 0.2) is 22.2 Å². The van der Waals surface area contributed by atoms with Crippen LogP contribution in [0.5, 0.6) is 0 Å². The van der Waals surface area contributed by atoms with Crippen molar-refractivity contribution in [1.82, 2.24) is 15.1 Å². The maximum Gasteiger partial charge on any atom is 0.143 e. The fourth-order valence-electron chi connectivity index (χ4n) is 1.74. The first-order valence-electron chi connectivity index (χ1n) is 4.89. The van der Waals surface area contributed by atoms with Gasteiger partial charge in [-0.05, 0) is 26.0 Å². The molecule has 3 heterocycles. The Kier molecular flexibility index (Phi) is 2.00. The van der Waals surface area contributed by atoms with Gasteiger partial charge in [-0.25, -0.2) is 9.97 Å². The van der Waals surface area contributed by atoms with Crippen LogP contribution in [0, 0.1) is 13.8 Å². The average Bonchev–Trinajstić information content (AvgIpc) is 2.85. The van der Waals surface area contributed by atoms with Crippen LogP contribution >= 0.6 is 11.3 Å². The molecule has 0 aromatic carbocycles. The highest BCUT2D eigenvalue weighted by Gasteiger charge is 2.13. The molecule has 0 fully saturated rings. The Morgan fingerprint density at radius 1 is 1.25 bits per heavy atom. The van der Waals surface area contributed by atoms with Crippen LogP contribution in [0.1, 0.15) is 11.5 Å². The molecule has 3 rings (SSSR count). The largest absolute Gasteiger partial charge is 0.361 e. The Bertz CT molecular complexity index is 637. The van der Waals surface area contributed by atoms with E-state index in [0.717, 1.165) is 33.1 Å². The number of fused-ring (bicyclic) bond motifs is 1. The predicted octanol–water partition coefficient (Wildman–Crippen LogP) is 2.96. The first-order valence-corrected chi connectivity index (χ1v) is 5.77. The molecule has 0 saturated heterocycles. The van der Waals surface area contributed by atoms with Gasteiger partial charge in [0.25, 0.3) is 0 Å². The summed E-state index contributed by atoms with van der Waals surface area (Å²) >= 11 is 1.54. The molecule has 0 aliphatic rings. The lowest BCUT2D eigenvalue weighted by molar-refractivity contribution is 0.393. The van der Waals surface area contributed by atoms with Crippen LogP contribution < -0.4 is 0 Å². The van der Waals surface area contributed by atoms with E-state index < -0.39 is 0 Å². The minimum absolute atomic E-state index is 0.800. The van der Waals surface area contributed by atoms with E-state index in [9.17, 15) is 0 Å². The van der Waals surface area contributed by atoms with Gasteiger partial charge in [0, 0.05) is 0 Å². The van der Waals surface area contributed by atoms with E-state index in [0.29, 0.717) is 0 Å². The van der Waals surface area contributed by atoms with Crippen molar-refractivity contribution < 1.29 is 4.52 Å². The summed E-state index contributed by atoms with van der Waals surface area (Å²) in [6.45, 7) is 3.82. The number of aryl methyl sites for hydroxylation is 2. The Morgan fingerprint density at radius 2 is 2.12 bits per heavy atom. The molecule has 0 amide bonds. The molecule has 0 aliphatic carbocycles. The molecule has 0 bridgehead atoms. The molecule has 0 saturated carbocycles. The zero-order valence-electron chi connectivity index (χ0n) is 8.89. The second-order valence-electron chi connectivity index (χ2n) is 3.57. The first-order chi connectivity index (χ1) is 7.75. The second kappa shape index (κ2) is 3.38. The topological polar surface area (TPSA) is 51.8 Å². The van der Waals surface area contributed by atoms with Crippen molar-refractivity contribution in [3.8, 4) is 11.3 Å².